The van der Waals surface area contributed by atoms with Gasteiger partial charge in [-0.25, -0.2) is 0 Å². The number of nitriles is 1. The molecule has 1 heterocycles. The molecule has 0 spiro atoms. The molecule has 39 heavy (non-hydrogen) atoms. The topological polar surface area (TPSA) is 209 Å². The Labute approximate surface area is 234 Å². The predicted octanol–water partition coefficient (Wildman–Crippen LogP) is -2.03. The first-order valence-electron chi connectivity index (χ1n) is 12.7. The summed E-state index contributed by atoms with van der Waals surface area (Å²) in [6.45, 7) is 7.42. The van der Waals surface area contributed by atoms with Gasteiger partial charge in [-0.2, -0.15) is 5.26 Å². The standard InChI is InChI=1S/C24H38N8O3S.CH3NO/c1-2-29-7-8-30(15-22(26)33)9-10-31(16-23(27)34)11-12-32(17-24(28)35)20(14-29)13-19-3-5-21(6-4-19)36-18-25;2-1-3/h3-6,20H,2,7-17H2,1H3,(H2,26,33)(H2,27,34)(H2,28,35);1H,(H2,2,3). The fourth-order valence-electron chi connectivity index (χ4n) is 4.41. The van der Waals surface area contributed by atoms with E-state index in [1.54, 1.807) is 0 Å². The molecule has 13 nitrogen and oxygen atoms in total. The number of carbonyl (C=O) groups is 4. The van der Waals surface area contributed by atoms with E-state index in [1.165, 1.54) is 0 Å². The molecule has 4 amide bonds. The molecule has 1 atom stereocenters. The molecule has 1 aromatic rings. The maximum absolute atomic E-state index is 12.0. The third kappa shape index (κ3) is 14.5. The van der Waals surface area contributed by atoms with Crippen LogP contribution in [-0.4, -0.2) is 122 Å². The van der Waals surface area contributed by atoms with Gasteiger partial charge in [0.2, 0.25) is 24.1 Å². The van der Waals surface area contributed by atoms with E-state index in [0.717, 1.165) is 35.3 Å². The van der Waals surface area contributed by atoms with Crippen LogP contribution in [0.2, 0.25) is 0 Å². The molecule has 2 rings (SSSR count). The molecule has 8 N–H and O–H groups in total. The van der Waals surface area contributed by atoms with E-state index in [4.69, 9.17) is 27.3 Å². The molecular formula is C25H41N9O4S. The Bertz CT molecular complexity index is 958. The van der Waals surface area contributed by atoms with Crippen LogP contribution in [0.1, 0.15) is 12.5 Å². The van der Waals surface area contributed by atoms with Crippen molar-refractivity contribution in [3.8, 4) is 5.40 Å². The van der Waals surface area contributed by atoms with E-state index in [2.05, 4.69) is 27.9 Å². The van der Waals surface area contributed by atoms with Crippen molar-refractivity contribution >= 4 is 35.9 Å². The molecule has 0 saturated carbocycles. The summed E-state index contributed by atoms with van der Waals surface area (Å²) in [4.78, 5) is 53.1. The number of nitrogens with two attached hydrogens (primary N) is 4. The van der Waals surface area contributed by atoms with Crippen molar-refractivity contribution in [3.05, 3.63) is 29.8 Å². The average molecular weight is 564 g/mol. The lowest BCUT2D eigenvalue weighted by Gasteiger charge is -2.38. The largest absolute Gasteiger partial charge is 0.372 e. The second kappa shape index (κ2) is 18.9. The Morgan fingerprint density at radius 3 is 1.79 bits per heavy atom. The summed E-state index contributed by atoms with van der Waals surface area (Å²) in [5.74, 6) is -1.24. The number of primary amides is 4. The van der Waals surface area contributed by atoms with Crippen LogP contribution in [-0.2, 0) is 25.6 Å². The molecular weight excluding hydrogens is 522 g/mol. The zero-order valence-electron chi connectivity index (χ0n) is 22.5. The van der Waals surface area contributed by atoms with Gasteiger partial charge in [-0.1, -0.05) is 19.1 Å². The lowest BCUT2D eigenvalue weighted by molar-refractivity contribution is -0.121. The van der Waals surface area contributed by atoms with Gasteiger partial charge < -0.3 is 27.8 Å². The number of nitrogens with zero attached hydrogens (tertiary/aromatic N) is 5. The normalized spacial score (nSPS) is 18.4. The maximum Gasteiger partial charge on any atom is 0.231 e. The summed E-state index contributed by atoms with van der Waals surface area (Å²) in [7, 11) is 0. The van der Waals surface area contributed by atoms with Crippen molar-refractivity contribution in [2.45, 2.75) is 24.3 Å². The van der Waals surface area contributed by atoms with Crippen LogP contribution in [0.4, 0.5) is 0 Å². The number of likely N-dealkylation sites (N-methyl/N-ethyl adjacent to an activating group) is 1. The first kappa shape index (κ1) is 33.8. The van der Waals surface area contributed by atoms with E-state index in [9.17, 15) is 14.4 Å². The van der Waals surface area contributed by atoms with Crippen LogP contribution in [0.3, 0.4) is 0 Å². The predicted molar refractivity (Wildman–Crippen MR) is 150 cm³/mol. The summed E-state index contributed by atoms with van der Waals surface area (Å²) in [6, 6.07) is 7.83. The molecule has 1 unspecified atom stereocenters. The number of carbonyl (C=O) groups excluding carboxylic acids is 4. The summed E-state index contributed by atoms with van der Waals surface area (Å²) in [6.07, 6.45) is 0.933. The minimum Gasteiger partial charge on any atom is -0.372 e. The van der Waals surface area contributed by atoms with Crippen molar-refractivity contribution in [1.82, 2.24) is 19.6 Å². The van der Waals surface area contributed by atoms with E-state index in [-0.39, 0.29) is 32.1 Å². The van der Waals surface area contributed by atoms with E-state index in [0.29, 0.717) is 45.7 Å². The second-order valence-electron chi connectivity index (χ2n) is 9.15. The maximum atomic E-state index is 12.0. The van der Waals surface area contributed by atoms with Crippen molar-refractivity contribution in [2.75, 3.05) is 72.0 Å². The molecule has 1 aromatic carbocycles. The van der Waals surface area contributed by atoms with E-state index in [1.807, 2.05) is 34.1 Å². The zero-order chi connectivity index (χ0) is 29.2. The minimum absolute atomic E-state index is 0.0219. The SMILES string of the molecule is CCN1CCN(CC(N)=O)CCN(CC(N)=O)CCN(CC(N)=O)C(Cc2ccc(SC#N)cc2)C1.NC=O. The van der Waals surface area contributed by atoms with Crippen LogP contribution in [0.5, 0.6) is 0 Å². The number of thioether (sulfide) groups is 1. The molecule has 216 valence electrons. The number of hydrogen-bond acceptors (Lipinski definition) is 10. The fourth-order valence-corrected chi connectivity index (χ4v) is 4.79. The van der Waals surface area contributed by atoms with Crippen LogP contribution in [0.15, 0.2) is 29.2 Å². The molecule has 0 aliphatic carbocycles. The summed E-state index contributed by atoms with van der Waals surface area (Å²) in [5.41, 5.74) is 21.8. The van der Waals surface area contributed by atoms with Gasteiger partial charge >= 0.3 is 0 Å². The van der Waals surface area contributed by atoms with Crippen molar-refractivity contribution < 1.29 is 19.2 Å². The number of amides is 4. The van der Waals surface area contributed by atoms with Gasteiger partial charge in [0, 0.05) is 56.8 Å². The number of rotatable bonds is 10. The zero-order valence-corrected chi connectivity index (χ0v) is 23.4. The minimum atomic E-state index is -0.436. The number of hydrogen-bond donors (Lipinski definition) is 4. The summed E-state index contributed by atoms with van der Waals surface area (Å²) >= 11 is 1.11. The Morgan fingerprint density at radius 1 is 0.897 bits per heavy atom. The highest BCUT2D eigenvalue weighted by molar-refractivity contribution is 8.03. The molecule has 0 radical (unpaired) electrons. The highest BCUT2D eigenvalue weighted by Gasteiger charge is 2.25. The van der Waals surface area contributed by atoms with Crippen molar-refractivity contribution in [1.29, 1.82) is 5.26 Å². The monoisotopic (exact) mass is 563 g/mol. The molecule has 0 bridgehead atoms. The third-order valence-electron chi connectivity index (χ3n) is 6.28. The first-order chi connectivity index (χ1) is 18.6. The quantitative estimate of drug-likeness (QED) is 0.139. The van der Waals surface area contributed by atoms with Crippen LogP contribution < -0.4 is 22.9 Å². The van der Waals surface area contributed by atoms with Crippen LogP contribution in [0.25, 0.3) is 0 Å². The number of benzene rings is 1. The smallest absolute Gasteiger partial charge is 0.231 e. The summed E-state index contributed by atoms with van der Waals surface area (Å²) in [5, 5.41) is 11.0. The van der Waals surface area contributed by atoms with Gasteiger partial charge in [0.1, 0.15) is 5.40 Å². The number of thiocyanates is 1. The molecule has 1 saturated heterocycles. The molecule has 14 heteroatoms. The molecule has 1 aliphatic rings. The van der Waals surface area contributed by atoms with Gasteiger partial charge in [-0.15, -0.1) is 0 Å². The van der Waals surface area contributed by atoms with Gasteiger partial charge in [-0.05, 0) is 42.4 Å². The van der Waals surface area contributed by atoms with Crippen LogP contribution in [0, 0.1) is 10.7 Å². The molecule has 1 aliphatic heterocycles. The van der Waals surface area contributed by atoms with Crippen molar-refractivity contribution in [3.63, 3.8) is 0 Å². The first-order valence-corrected chi connectivity index (χ1v) is 13.5. The molecule has 1 fully saturated rings. The van der Waals surface area contributed by atoms with E-state index >= 15 is 0 Å². The second-order valence-corrected chi connectivity index (χ2v) is 10.0. The Hall–Kier alpha value is -3.22. The lowest BCUT2D eigenvalue weighted by Crippen LogP contribution is -2.53. The van der Waals surface area contributed by atoms with Crippen molar-refractivity contribution in [2.24, 2.45) is 22.9 Å². The highest BCUT2D eigenvalue weighted by Crippen LogP contribution is 2.19. The van der Waals surface area contributed by atoms with Crippen LogP contribution >= 0.6 is 11.8 Å². The Balaban J connectivity index is 0.00000242. The Kier molecular flexibility index (Phi) is 16.4. The van der Waals surface area contributed by atoms with Gasteiger partial charge in [-0.3, -0.25) is 33.9 Å². The van der Waals surface area contributed by atoms with Gasteiger partial charge in [0.05, 0.1) is 19.6 Å². The van der Waals surface area contributed by atoms with Gasteiger partial charge in [0.25, 0.3) is 0 Å². The average Bonchev–Trinajstić information content (AvgIpc) is 2.86. The third-order valence-corrected chi connectivity index (χ3v) is 6.88. The summed E-state index contributed by atoms with van der Waals surface area (Å²) < 4.78 is 0. The molecule has 0 aromatic heterocycles. The fraction of sp³-hybridized carbons (Fsp3) is 0.560. The highest BCUT2D eigenvalue weighted by atomic mass is 32.2. The Morgan fingerprint density at radius 2 is 1.36 bits per heavy atom. The lowest BCUT2D eigenvalue weighted by atomic mass is 10.0. The van der Waals surface area contributed by atoms with E-state index < -0.39 is 17.7 Å². The van der Waals surface area contributed by atoms with Gasteiger partial charge in [0.15, 0.2) is 0 Å².